The van der Waals surface area contributed by atoms with E-state index in [-0.39, 0.29) is 0 Å². The van der Waals surface area contributed by atoms with Gasteiger partial charge in [0.1, 0.15) is 0 Å². The second kappa shape index (κ2) is 4.66. The normalized spacial score (nSPS) is 14.5. The zero-order valence-corrected chi connectivity index (χ0v) is 10.1. The summed E-state index contributed by atoms with van der Waals surface area (Å²) >= 11 is 0. The lowest BCUT2D eigenvalue weighted by Crippen LogP contribution is -2.35. The van der Waals surface area contributed by atoms with E-state index in [2.05, 4.69) is 0 Å². The van der Waals surface area contributed by atoms with Gasteiger partial charge in [-0.1, -0.05) is 23.8 Å². The minimum atomic E-state index is -0.882. The van der Waals surface area contributed by atoms with Crippen LogP contribution in [0.3, 0.4) is 0 Å². The number of carboxylic acid groups (broad SMARTS) is 1. The van der Waals surface area contributed by atoms with Crippen molar-refractivity contribution >= 4 is 5.97 Å². The van der Waals surface area contributed by atoms with Crippen LogP contribution in [0.5, 0.6) is 0 Å². The van der Waals surface area contributed by atoms with Crippen molar-refractivity contribution in [3.8, 4) is 0 Å². The van der Waals surface area contributed by atoms with E-state index in [0.29, 0.717) is 13.0 Å². The van der Waals surface area contributed by atoms with Crippen molar-refractivity contribution in [2.24, 2.45) is 5.73 Å². The molecule has 1 unspecified atom stereocenters. The van der Waals surface area contributed by atoms with Gasteiger partial charge in [0.2, 0.25) is 0 Å². The number of hydrogen-bond donors (Lipinski definition) is 2. The highest BCUT2D eigenvalue weighted by molar-refractivity contribution is 5.81. The van der Waals surface area contributed by atoms with E-state index in [4.69, 9.17) is 5.73 Å². The van der Waals surface area contributed by atoms with Crippen LogP contribution in [0.4, 0.5) is 0 Å². The first-order chi connectivity index (χ1) is 7.41. The van der Waals surface area contributed by atoms with Crippen molar-refractivity contribution in [1.29, 1.82) is 0 Å². The number of nitrogens with two attached hydrogens (primary N) is 1. The Morgan fingerprint density at radius 3 is 2.50 bits per heavy atom. The van der Waals surface area contributed by atoms with Gasteiger partial charge >= 0.3 is 5.97 Å². The third kappa shape index (κ3) is 2.25. The van der Waals surface area contributed by atoms with Gasteiger partial charge in [-0.15, -0.1) is 0 Å². The summed E-state index contributed by atoms with van der Waals surface area (Å²) in [5.74, 6) is -0.815. The van der Waals surface area contributed by atoms with Crippen LogP contribution >= 0.6 is 0 Å². The lowest BCUT2D eigenvalue weighted by Gasteiger charge is -2.26. The van der Waals surface area contributed by atoms with E-state index in [0.717, 1.165) is 16.7 Å². The van der Waals surface area contributed by atoms with Crippen molar-refractivity contribution in [2.45, 2.75) is 32.6 Å². The summed E-state index contributed by atoms with van der Waals surface area (Å²) in [7, 11) is 0. The maximum Gasteiger partial charge on any atom is 0.313 e. The molecule has 0 saturated heterocycles. The molecule has 0 spiro atoms. The second-order valence-corrected chi connectivity index (χ2v) is 4.49. The third-order valence-electron chi connectivity index (χ3n) is 3.09. The molecule has 1 aromatic carbocycles. The quantitative estimate of drug-likeness (QED) is 0.817. The van der Waals surface area contributed by atoms with Crippen molar-refractivity contribution in [1.82, 2.24) is 0 Å². The number of aliphatic carboxylic acids is 1. The Bertz CT molecular complexity index is 401. The number of rotatable bonds is 4. The number of carbonyl (C=O) groups is 1. The van der Waals surface area contributed by atoms with Gasteiger partial charge in [-0.25, -0.2) is 0 Å². The molecule has 16 heavy (non-hydrogen) atoms. The van der Waals surface area contributed by atoms with Gasteiger partial charge < -0.3 is 10.8 Å². The van der Waals surface area contributed by atoms with Gasteiger partial charge in [-0.2, -0.15) is 0 Å². The van der Waals surface area contributed by atoms with E-state index >= 15 is 0 Å². The summed E-state index contributed by atoms with van der Waals surface area (Å²) < 4.78 is 0. The summed E-state index contributed by atoms with van der Waals surface area (Å²) in [6, 6.07) is 5.85. The monoisotopic (exact) mass is 221 g/mol. The Labute approximate surface area is 96.3 Å². The first-order valence-corrected chi connectivity index (χ1v) is 5.43. The molecule has 0 heterocycles. The smallest absolute Gasteiger partial charge is 0.313 e. The lowest BCUT2D eigenvalue weighted by atomic mass is 9.77. The highest BCUT2D eigenvalue weighted by Crippen LogP contribution is 2.30. The minimum absolute atomic E-state index is 0.371. The van der Waals surface area contributed by atoms with Gasteiger partial charge in [0.15, 0.2) is 0 Å². The standard InChI is InChI=1S/C13H19NO2/c1-9-4-5-11(10(2)8-9)13(3,6-7-14)12(15)16/h4-5,8H,6-7,14H2,1-3H3,(H,15,16). The molecule has 0 amide bonds. The molecular formula is C13H19NO2. The van der Waals surface area contributed by atoms with Crippen molar-refractivity contribution in [3.63, 3.8) is 0 Å². The fourth-order valence-corrected chi connectivity index (χ4v) is 2.08. The van der Waals surface area contributed by atoms with Crippen LogP contribution in [-0.2, 0) is 10.2 Å². The zero-order chi connectivity index (χ0) is 12.3. The second-order valence-electron chi connectivity index (χ2n) is 4.49. The Morgan fingerprint density at radius 1 is 1.44 bits per heavy atom. The molecule has 0 aliphatic heterocycles. The Hall–Kier alpha value is -1.35. The molecule has 1 rings (SSSR count). The van der Waals surface area contributed by atoms with Crippen LogP contribution in [0.15, 0.2) is 18.2 Å². The molecule has 3 nitrogen and oxygen atoms in total. The molecule has 0 aliphatic carbocycles. The van der Waals surface area contributed by atoms with Gasteiger partial charge in [-0.3, -0.25) is 4.79 Å². The molecule has 0 fully saturated rings. The Balaban J connectivity index is 3.26. The molecule has 1 aromatic rings. The highest BCUT2D eigenvalue weighted by Gasteiger charge is 2.35. The van der Waals surface area contributed by atoms with Crippen molar-refractivity contribution in [2.75, 3.05) is 6.54 Å². The lowest BCUT2D eigenvalue weighted by molar-refractivity contribution is -0.143. The maximum atomic E-state index is 11.4. The molecule has 0 saturated carbocycles. The fourth-order valence-electron chi connectivity index (χ4n) is 2.08. The minimum Gasteiger partial charge on any atom is -0.481 e. The van der Waals surface area contributed by atoms with E-state index in [9.17, 15) is 9.90 Å². The van der Waals surface area contributed by atoms with Crippen molar-refractivity contribution in [3.05, 3.63) is 34.9 Å². The maximum absolute atomic E-state index is 11.4. The van der Waals surface area contributed by atoms with E-state index in [1.54, 1.807) is 6.92 Å². The van der Waals surface area contributed by atoms with Crippen LogP contribution in [-0.4, -0.2) is 17.6 Å². The topological polar surface area (TPSA) is 63.3 Å². The summed E-state index contributed by atoms with van der Waals surface area (Å²) in [4.78, 5) is 11.4. The summed E-state index contributed by atoms with van der Waals surface area (Å²) in [5.41, 5.74) is 7.63. The highest BCUT2D eigenvalue weighted by atomic mass is 16.4. The van der Waals surface area contributed by atoms with E-state index in [1.165, 1.54) is 0 Å². The van der Waals surface area contributed by atoms with Gasteiger partial charge in [0.05, 0.1) is 5.41 Å². The van der Waals surface area contributed by atoms with Gasteiger partial charge in [0.25, 0.3) is 0 Å². The molecule has 0 radical (unpaired) electrons. The predicted molar refractivity (Wildman–Crippen MR) is 64.6 cm³/mol. The number of aryl methyl sites for hydroxylation is 2. The van der Waals surface area contributed by atoms with E-state index in [1.807, 2.05) is 32.0 Å². The van der Waals surface area contributed by atoms with Gasteiger partial charge in [-0.05, 0) is 44.9 Å². The first-order valence-electron chi connectivity index (χ1n) is 5.43. The number of carboxylic acids is 1. The van der Waals surface area contributed by atoms with Crippen LogP contribution in [0, 0.1) is 13.8 Å². The van der Waals surface area contributed by atoms with Gasteiger partial charge in [0, 0.05) is 0 Å². The number of benzene rings is 1. The molecule has 0 aliphatic rings. The molecule has 88 valence electrons. The van der Waals surface area contributed by atoms with Crippen LogP contribution in [0.1, 0.15) is 30.0 Å². The number of hydrogen-bond acceptors (Lipinski definition) is 2. The van der Waals surface area contributed by atoms with Crippen LogP contribution in [0.25, 0.3) is 0 Å². The predicted octanol–water partition coefficient (Wildman–Crippen LogP) is 1.99. The fraction of sp³-hybridized carbons (Fsp3) is 0.462. The molecular weight excluding hydrogens is 202 g/mol. The third-order valence-corrected chi connectivity index (χ3v) is 3.09. The Morgan fingerprint density at radius 2 is 2.06 bits per heavy atom. The average Bonchev–Trinajstić information content (AvgIpc) is 2.17. The first kappa shape index (κ1) is 12.7. The zero-order valence-electron chi connectivity index (χ0n) is 10.1. The average molecular weight is 221 g/mol. The molecule has 3 heteroatoms. The van der Waals surface area contributed by atoms with Crippen LogP contribution in [0.2, 0.25) is 0 Å². The summed E-state index contributed by atoms with van der Waals surface area (Å²) in [6.45, 7) is 6.05. The Kier molecular flexibility index (Phi) is 3.70. The SMILES string of the molecule is Cc1ccc(C(C)(CCN)C(=O)O)c(C)c1. The van der Waals surface area contributed by atoms with Crippen molar-refractivity contribution < 1.29 is 9.90 Å². The molecule has 0 bridgehead atoms. The van der Waals surface area contributed by atoms with E-state index < -0.39 is 11.4 Å². The summed E-state index contributed by atoms with van der Waals surface area (Å²) in [5, 5.41) is 9.36. The summed E-state index contributed by atoms with van der Waals surface area (Å²) in [6.07, 6.45) is 0.451. The molecule has 1 atom stereocenters. The molecule has 3 N–H and O–H groups in total. The molecule has 0 aromatic heterocycles. The largest absolute Gasteiger partial charge is 0.481 e. The van der Waals surface area contributed by atoms with Crippen LogP contribution < -0.4 is 5.73 Å².